The Labute approximate surface area is 304 Å². The number of aromatic nitrogens is 3. The molecule has 255 valence electrons. The molecule has 2 aromatic heterocycles. The number of aliphatic hydroxyl groups is 1. The van der Waals surface area contributed by atoms with Crippen LogP contribution in [-0.2, 0) is 30.3 Å². The van der Waals surface area contributed by atoms with Gasteiger partial charge in [-0.2, -0.15) is 0 Å². The van der Waals surface area contributed by atoms with Crippen LogP contribution in [0.15, 0.2) is 84.9 Å². The van der Waals surface area contributed by atoms with E-state index in [2.05, 4.69) is 98.3 Å². The van der Waals surface area contributed by atoms with E-state index in [1.54, 1.807) is 17.7 Å². The van der Waals surface area contributed by atoms with Crippen LogP contribution in [0.5, 0.6) is 0 Å². The second kappa shape index (κ2) is 17.8. The van der Waals surface area contributed by atoms with Crippen molar-refractivity contribution < 1.29 is 30.0 Å². The van der Waals surface area contributed by atoms with Crippen LogP contribution < -0.4 is 0 Å². The fourth-order valence-electron chi connectivity index (χ4n) is 5.73. The summed E-state index contributed by atoms with van der Waals surface area (Å²) < 4.78 is 0. The van der Waals surface area contributed by atoms with Crippen molar-refractivity contribution in [3.8, 4) is 32.5 Å². The molecule has 48 heavy (non-hydrogen) atoms. The van der Waals surface area contributed by atoms with Crippen LogP contribution in [0.1, 0.15) is 85.3 Å². The molecule has 5 aromatic rings. The van der Waals surface area contributed by atoms with Gasteiger partial charge in [-0.25, -0.2) is 9.97 Å². The molecule has 0 spiro atoms. The van der Waals surface area contributed by atoms with Gasteiger partial charge in [-0.05, 0) is 55.2 Å². The second-order valence-electron chi connectivity index (χ2n) is 13.0. The van der Waals surface area contributed by atoms with E-state index < -0.39 is 0 Å². The number of hydrogen-bond donors (Lipinski definition) is 1. The zero-order valence-corrected chi connectivity index (χ0v) is 32.6. The van der Waals surface area contributed by atoms with Crippen molar-refractivity contribution in [2.24, 2.45) is 11.8 Å². The molecule has 0 bridgehead atoms. The van der Waals surface area contributed by atoms with E-state index in [4.69, 9.17) is 4.98 Å². The number of allylic oxidation sites excluding steroid dienone is 2. The molecule has 0 unspecified atom stereocenters. The molecular weight excluding hydrogens is 791 g/mol. The number of aliphatic hydroxyl groups excluding tert-OH is 1. The predicted octanol–water partition coefficient (Wildman–Crippen LogP) is 11.4. The molecule has 0 aliphatic carbocycles. The monoisotopic (exact) mass is 839 g/mol. The Morgan fingerprint density at radius 2 is 1.48 bits per heavy atom. The molecule has 0 saturated carbocycles. The number of fused-ring (bicyclic) bond motifs is 1. The van der Waals surface area contributed by atoms with E-state index >= 15 is 0 Å². The maximum atomic E-state index is 11.7. The van der Waals surface area contributed by atoms with Gasteiger partial charge in [0, 0.05) is 42.9 Å². The van der Waals surface area contributed by atoms with Crippen LogP contribution in [0, 0.1) is 24.8 Å². The van der Waals surface area contributed by atoms with Crippen molar-refractivity contribution >= 4 is 27.9 Å². The van der Waals surface area contributed by atoms with Gasteiger partial charge in [0.05, 0.1) is 16.5 Å². The quantitative estimate of drug-likeness (QED) is 0.0861. The first-order valence-electron chi connectivity index (χ1n) is 16.8. The first kappa shape index (κ1) is 38.9. The van der Waals surface area contributed by atoms with Crippen molar-refractivity contribution in [3.05, 3.63) is 102 Å². The van der Waals surface area contributed by atoms with Gasteiger partial charge >= 0.3 is 0 Å². The number of ketones is 1. The second-order valence-corrected chi connectivity index (χ2v) is 14.1. The summed E-state index contributed by atoms with van der Waals surface area (Å²) in [6, 6.07) is 26.7. The van der Waals surface area contributed by atoms with Crippen molar-refractivity contribution in [1.82, 2.24) is 15.0 Å². The molecule has 7 heteroatoms. The topological polar surface area (TPSA) is 76.0 Å². The van der Waals surface area contributed by atoms with Crippen molar-refractivity contribution in [2.75, 3.05) is 0 Å². The Balaban J connectivity index is 0.000000334. The number of nitrogens with zero attached hydrogens (tertiary/aromatic N) is 3. The van der Waals surface area contributed by atoms with Crippen LogP contribution in [0.25, 0.3) is 43.3 Å². The number of hydrogen-bond acceptors (Lipinski definition) is 6. The standard InChI is InChI=1S/C28H24N3S.C13H24O2.Ir/c1-18-14-24(19-10-6-5-7-11-19)32-25(18)27-30-17-29-26(31-27)21-15-20-12-8-9-13-22(20)23(16-21)28(2,3)4;1-5-10(6-2)12(14)9-13(15)11(7-3)8-4;/h5-14,16-17H,1-4H3;9-11,14H,5-8H2,1-4H3;/q-1;;/b;12-9-;. The Bertz CT molecular complexity index is 1820. The van der Waals surface area contributed by atoms with E-state index in [0.29, 0.717) is 11.6 Å². The van der Waals surface area contributed by atoms with Gasteiger partial charge in [0.15, 0.2) is 11.6 Å². The number of aryl methyl sites for hydroxylation is 1. The summed E-state index contributed by atoms with van der Waals surface area (Å²) in [5.41, 5.74) is 4.54. The SMILES string of the molecule is CCC(CC)C(=O)/C=C(\O)C(CC)CC.Cc1cc(-c2ccccc2)sc1-c1ncnc(-c2[c-]c3ccccc3c(C(C)(C)C)c2)n1.[Ir]. The summed E-state index contributed by atoms with van der Waals surface area (Å²) in [5, 5.41) is 12.1. The number of thiophene rings is 1. The third-order valence-corrected chi connectivity index (χ3v) is 9.94. The zero-order valence-electron chi connectivity index (χ0n) is 29.4. The van der Waals surface area contributed by atoms with Crippen molar-refractivity contribution in [3.63, 3.8) is 0 Å². The summed E-state index contributed by atoms with van der Waals surface area (Å²) in [6.07, 6.45) is 6.52. The molecule has 0 amide bonds. The minimum absolute atomic E-state index is 0. The number of benzene rings is 3. The van der Waals surface area contributed by atoms with E-state index in [0.717, 1.165) is 41.5 Å². The van der Waals surface area contributed by atoms with Crippen LogP contribution in [0.2, 0.25) is 0 Å². The third kappa shape index (κ3) is 9.56. The van der Waals surface area contributed by atoms with Gasteiger partial charge in [-0.1, -0.05) is 108 Å². The molecule has 1 N–H and O–H groups in total. The molecule has 0 saturated heterocycles. The van der Waals surface area contributed by atoms with E-state index in [-0.39, 0.29) is 48.9 Å². The van der Waals surface area contributed by atoms with Crippen LogP contribution in [0.4, 0.5) is 0 Å². The Morgan fingerprint density at radius 1 is 0.875 bits per heavy atom. The molecule has 3 aromatic carbocycles. The number of rotatable bonds is 10. The third-order valence-electron chi connectivity index (χ3n) is 8.66. The van der Waals surface area contributed by atoms with Gasteiger partial charge in [0.25, 0.3) is 0 Å². The Morgan fingerprint density at radius 3 is 2.10 bits per heavy atom. The van der Waals surface area contributed by atoms with Crippen molar-refractivity contribution in [1.29, 1.82) is 0 Å². The summed E-state index contributed by atoms with van der Waals surface area (Å²) in [6.45, 7) is 16.9. The van der Waals surface area contributed by atoms with Gasteiger partial charge in [-0.3, -0.25) is 9.78 Å². The predicted molar refractivity (Wildman–Crippen MR) is 198 cm³/mol. The first-order valence-corrected chi connectivity index (χ1v) is 17.6. The minimum atomic E-state index is -0.00572. The van der Waals surface area contributed by atoms with E-state index in [1.165, 1.54) is 33.0 Å². The van der Waals surface area contributed by atoms with Gasteiger partial charge in [0.2, 0.25) is 0 Å². The van der Waals surface area contributed by atoms with E-state index in [1.807, 2.05) is 39.8 Å². The number of carbonyl (C=O) groups excluding carboxylic acids is 1. The summed E-state index contributed by atoms with van der Waals surface area (Å²) >= 11 is 1.72. The zero-order chi connectivity index (χ0) is 34.1. The minimum Gasteiger partial charge on any atom is -0.512 e. The molecule has 1 radical (unpaired) electrons. The van der Waals surface area contributed by atoms with Gasteiger partial charge in [-0.15, -0.1) is 40.5 Å². The molecule has 0 fully saturated rings. The van der Waals surface area contributed by atoms with Crippen LogP contribution in [-0.4, -0.2) is 25.8 Å². The van der Waals surface area contributed by atoms with Gasteiger partial charge < -0.3 is 5.11 Å². The average Bonchev–Trinajstić information content (AvgIpc) is 3.47. The smallest absolute Gasteiger partial charge is 0.165 e. The summed E-state index contributed by atoms with van der Waals surface area (Å²) in [4.78, 5) is 27.9. The molecule has 0 atom stereocenters. The molecule has 5 nitrogen and oxygen atoms in total. The fourth-order valence-corrected chi connectivity index (χ4v) is 6.85. The maximum absolute atomic E-state index is 11.7. The molecule has 0 aliphatic rings. The van der Waals surface area contributed by atoms with Gasteiger partial charge in [0.1, 0.15) is 6.33 Å². The van der Waals surface area contributed by atoms with Crippen molar-refractivity contribution in [2.45, 2.75) is 86.5 Å². The maximum Gasteiger partial charge on any atom is 0.165 e. The summed E-state index contributed by atoms with van der Waals surface area (Å²) in [7, 11) is 0. The number of carbonyl (C=O) groups is 1. The molecule has 2 heterocycles. The van der Waals surface area contributed by atoms with Crippen LogP contribution >= 0.6 is 11.3 Å². The molecule has 0 aliphatic heterocycles. The fraction of sp³-hybridized carbons (Fsp3) is 0.366. The molecular formula is C41H48IrN3O2S-. The van der Waals surface area contributed by atoms with E-state index in [9.17, 15) is 9.90 Å². The Kier molecular flexibility index (Phi) is 14.4. The molecule has 5 rings (SSSR count). The largest absolute Gasteiger partial charge is 0.512 e. The average molecular weight is 839 g/mol. The summed E-state index contributed by atoms with van der Waals surface area (Å²) in [5.74, 6) is 1.91. The first-order chi connectivity index (χ1) is 22.5. The normalized spacial score (nSPS) is 11.8. The Hall–Kier alpha value is -3.51. The van der Waals surface area contributed by atoms with Crippen LogP contribution in [0.3, 0.4) is 0 Å².